The van der Waals surface area contributed by atoms with E-state index in [1.165, 1.54) is 0 Å². The van der Waals surface area contributed by atoms with E-state index in [9.17, 15) is 0 Å². The maximum Gasteiger partial charge on any atom is 0.288 e. The van der Waals surface area contributed by atoms with E-state index in [0.717, 1.165) is 5.56 Å². The van der Waals surface area contributed by atoms with Crippen molar-refractivity contribution in [1.82, 2.24) is 4.98 Å². The van der Waals surface area contributed by atoms with Gasteiger partial charge in [-0.15, -0.1) is 4.98 Å². The Morgan fingerprint density at radius 1 is 1.70 bits per heavy atom. The number of halogens is 1. The first-order chi connectivity index (χ1) is 4.74. The van der Waals surface area contributed by atoms with Crippen LogP contribution in [0.4, 0.5) is 5.82 Å². The van der Waals surface area contributed by atoms with Gasteiger partial charge in [0.05, 0.1) is 5.02 Å². The van der Waals surface area contributed by atoms with Gasteiger partial charge in [-0.05, 0) is 18.6 Å². The average molecular weight is 153 g/mol. The fourth-order valence-corrected chi connectivity index (χ4v) is 0.872. The summed E-state index contributed by atoms with van der Waals surface area (Å²) in [6, 6.07) is 1.72. The third-order valence-corrected chi connectivity index (χ3v) is 1.34. The molecule has 0 N–H and O–H groups in total. The fraction of sp³-hybridized carbons (Fsp3) is 0.143. The number of nitrogens with zero attached hydrogens (tertiary/aromatic N) is 2. The molecule has 1 rings (SSSR count). The van der Waals surface area contributed by atoms with Crippen LogP contribution < -0.4 is 0 Å². The minimum atomic E-state index is 0.271. The lowest BCUT2D eigenvalue weighted by atomic mass is 10.3. The maximum atomic E-state index is 6.63. The van der Waals surface area contributed by atoms with Crippen molar-refractivity contribution < 1.29 is 0 Å². The molecule has 0 fully saturated rings. The van der Waals surface area contributed by atoms with Gasteiger partial charge in [0, 0.05) is 0 Å². The molecule has 0 radical (unpaired) electrons. The van der Waals surface area contributed by atoms with Gasteiger partial charge < -0.3 is 4.85 Å². The second-order valence-electron chi connectivity index (χ2n) is 1.93. The lowest BCUT2D eigenvalue weighted by molar-refractivity contribution is 1.29. The van der Waals surface area contributed by atoms with Gasteiger partial charge in [0.1, 0.15) is 6.20 Å². The number of hydrogen-bond acceptors (Lipinski definition) is 1. The molecule has 0 saturated carbocycles. The summed E-state index contributed by atoms with van der Waals surface area (Å²) in [5.74, 6) is 0.271. The van der Waals surface area contributed by atoms with Gasteiger partial charge in [0.2, 0.25) is 0 Å². The van der Waals surface area contributed by atoms with Crippen LogP contribution in [0.5, 0.6) is 0 Å². The molecular formula is C7H5ClN2. The van der Waals surface area contributed by atoms with Crippen molar-refractivity contribution >= 4 is 17.4 Å². The highest BCUT2D eigenvalue weighted by molar-refractivity contribution is 6.33. The SMILES string of the molecule is [C-]#[N+]c1ncc(C)cc1Cl. The Balaban J connectivity index is 3.23. The summed E-state index contributed by atoms with van der Waals surface area (Å²) >= 11 is 5.65. The van der Waals surface area contributed by atoms with Crippen LogP contribution in [0.2, 0.25) is 5.02 Å². The Hall–Kier alpha value is -1.07. The van der Waals surface area contributed by atoms with Crippen molar-refractivity contribution in [1.29, 1.82) is 0 Å². The van der Waals surface area contributed by atoms with E-state index in [1.807, 2.05) is 6.92 Å². The van der Waals surface area contributed by atoms with E-state index in [4.69, 9.17) is 18.2 Å². The predicted molar refractivity (Wildman–Crippen MR) is 40.2 cm³/mol. The molecule has 0 atom stereocenters. The van der Waals surface area contributed by atoms with Crippen molar-refractivity contribution in [2.45, 2.75) is 6.92 Å². The second kappa shape index (κ2) is 2.68. The Kier molecular flexibility index (Phi) is 1.88. The Bertz CT molecular complexity index is 288. The van der Waals surface area contributed by atoms with E-state index in [1.54, 1.807) is 12.3 Å². The normalized spacial score (nSPS) is 8.90. The van der Waals surface area contributed by atoms with Crippen LogP contribution in [0.3, 0.4) is 0 Å². The minimum absolute atomic E-state index is 0.271. The van der Waals surface area contributed by atoms with Gasteiger partial charge in [0.15, 0.2) is 0 Å². The van der Waals surface area contributed by atoms with Crippen LogP contribution in [-0.2, 0) is 0 Å². The molecule has 50 valence electrons. The van der Waals surface area contributed by atoms with Crippen LogP contribution in [0.15, 0.2) is 12.3 Å². The maximum absolute atomic E-state index is 6.63. The summed E-state index contributed by atoms with van der Waals surface area (Å²) < 4.78 is 0. The van der Waals surface area contributed by atoms with E-state index in [0.29, 0.717) is 5.02 Å². The van der Waals surface area contributed by atoms with Crippen molar-refractivity contribution in [3.05, 3.63) is 34.3 Å². The van der Waals surface area contributed by atoms with Gasteiger partial charge in [-0.25, -0.2) is 0 Å². The topological polar surface area (TPSA) is 17.2 Å². The zero-order valence-electron chi connectivity index (χ0n) is 5.43. The highest BCUT2D eigenvalue weighted by Gasteiger charge is 1.99. The molecule has 0 aliphatic rings. The number of pyridine rings is 1. The molecule has 0 aromatic carbocycles. The lowest BCUT2D eigenvalue weighted by Gasteiger charge is -1.92. The van der Waals surface area contributed by atoms with Crippen molar-refractivity contribution in [2.75, 3.05) is 0 Å². The first kappa shape index (κ1) is 7.04. The second-order valence-corrected chi connectivity index (χ2v) is 2.34. The summed E-state index contributed by atoms with van der Waals surface area (Å²) in [4.78, 5) is 6.93. The highest BCUT2D eigenvalue weighted by Crippen LogP contribution is 2.21. The summed E-state index contributed by atoms with van der Waals surface area (Å²) in [5, 5.41) is 0.426. The first-order valence-electron chi connectivity index (χ1n) is 2.73. The van der Waals surface area contributed by atoms with Crippen molar-refractivity contribution in [3.8, 4) is 0 Å². The van der Waals surface area contributed by atoms with E-state index in [-0.39, 0.29) is 5.82 Å². The third-order valence-electron chi connectivity index (χ3n) is 1.06. The number of aryl methyl sites for hydroxylation is 1. The highest BCUT2D eigenvalue weighted by atomic mass is 35.5. The van der Waals surface area contributed by atoms with Crippen LogP contribution in [0.1, 0.15) is 5.56 Å². The molecule has 0 aliphatic heterocycles. The molecule has 1 heterocycles. The Morgan fingerprint density at radius 2 is 2.40 bits per heavy atom. The molecule has 3 heteroatoms. The molecule has 1 aromatic heterocycles. The largest absolute Gasteiger partial charge is 0.359 e. The van der Waals surface area contributed by atoms with Gasteiger partial charge >= 0.3 is 0 Å². The van der Waals surface area contributed by atoms with Gasteiger partial charge in [-0.1, -0.05) is 18.2 Å². The van der Waals surface area contributed by atoms with Crippen LogP contribution in [0.25, 0.3) is 4.85 Å². The van der Waals surface area contributed by atoms with Crippen LogP contribution >= 0.6 is 11.6 Å². The number of rotatable bonds is 0. The monoisotopic (exact) mass is 152 g/mol. The van der Waals surface area contributed by atoms with E-state index < -0.39 is 0 Å². The minimum Gasteiger partial charge on any atom is -0.359 e. The Labute approximate surface area is 64.3 Å². The molecule has 1 aromatic rings. The zero-order valence-corrected chi connectivity index (χ0v) is 6.18. The molecule has 10 heavy (non-hydrogen) atoms. The summed E-state index contributed by atoms with van der Waals surface area (Å²) in [6.07, 6.45) is 1.62. The molecule has 0 aliphatic carbocycles. The molecule has 0 amide bonds. The quantitative estimate of drug-likeness (QED) is 0.523. The number of hydrogen-bond donors (Lipinski definition) is 0. The summed E-state index contributed by atoms with van der Waals surface area (Å²) in [7, 11) is 0. The van der Waals surface area contributed by atoms with Crippen LogP contribution in [-0.4, -0.2) is 4.98 Å². The van der Waals surface area contributed by atoms with Crippen LogP contribution in [0, 0.1) is 13.5 Å². The average Bonchev–Trinajstić information content (AvgIpc) is 1.88. The molecular weight excluding hydrogens is 148 g/mol. The van der Waals surface area contributed by atoms with Gasteiger partial charge in [-0.2, -0.15) is 0 Å². The first-order valence-corrected chi connectivity index (χ1v) is 3.11. The summed E-state index contributed by atoms with van der Waals surface area (Å²) in [5.41, 5.74) is 0.970. The molecule has 0 saturated heterocycles. The zero-order chi connectivity index (χ0) is 7.56. The smallest absolute Gasteiger partial charge is 0.288 e. The van der Waals surface area contributed by atoms with E-state index >= 15 is 0 Å². The Morgan fingerprint density at radius 3 is 2.90 bits per heavy atom. The molecule has 0 unspecified atom stereocenters. The predicted octanol–water partition coefficient (Wildman–Crippen LogP) is 2.59. The number of aromatic nitrogens is 1. The van der Waals surface area contributed by atoms with Gasteiger partial charge in [-0.3, -0.25) is 0 Å². The molecule has 0 bridgehead atoms. The van der Waals surface area contributed by atoms with E-state index in [2.05, 4.69) is 9.83 Å². The van der Waals surface area contributed by atoms with Crippen molar-refractivity contribution in [3.63, 3.8) is 0 Å². The third kappa shape index (κ3) is 1.26. The fourth-order valence-electron chi connectivity index (χ4n) is 0.609. The molecule has 2 nitrogen and oxygen atoms in total. The standard InChI is InChI=1S/C7H5ClN2/c1-5-3-6(8)7(9-2)10-4-5/h3-4H,1H3. The van der Waals surface area contributed by atoms with Gasteiger partial charge in [0.25, 0.3) is 5.82 Å². The summed E-state index contributed by atoms with van der Waals surface area (Å²) in [6.45, 7) is 8.51. The van der Waals surface area contributed by atoms with Crippen molar-refractivity contribution in [2.24, 2.45) is 0 Å². The lowest BCUT2D eigenvalue weighted by Crippen LogP contribution is -1.76. The molecule has 0 spiro atoms.